The topological polar surface area (TPSA) is 26.3 Å². The number of hydrogen-bond donors (Lipinski definition) is 0. The SMILES string of the molecule is C=CCC1(C(=O)OC)CCC=C1C. The van der Waals surface area contributed by atoms with Crippen molar-refractivity contribution in [1.82, 2.24) is 0 Å². The molecule has 0 saturated heterocycles. The molecule has 1 rings (SSSR count). The second-order valence-electron chi connectivity index (χ2n) is 3.49. The summed E-state index contributed by atoms with van der Waals surface area (Å²) in [6.45, 7) is 5.68. The first kappa shape index (κ1) is 10.0. The van der Waals surface area contributed by atoms with Gasteiger partial charge in [-0.3, -0.25) is 4.79 Å². The van der Waals surface area contributed by atoms with E-state index in [9.17, 15) is 4.79 Å². The third-order valence-corrected chi connectivity index (χ3v) is 2.85. The van der Waals surface area contributed by atoms with Gasteiger partial charge in [-0.05, 0) is 26.2 Å². The zero-order valence-electron chi connectivity index (χ0n) is 8.30. The molecule has 72 valence electrons. The number of methoxy groups -OCH3 is 1. The summed E-state index contributed by atoms with van der Waals surface area (Å²) >= 11 is 0. The largest absolute Gasteiger partial charge is 0.468 e. The van der Waals surface area contributed by atoms with E-state index in [1.807, 2.05) is 6.92 Å². The predicted octanol–water partition coefficient (Wildman–Crippen LogP) is 2.46. The highest BCUT2D eigenvalue weighted by Crippen LogP contribution is 2.42. The summed E-state index contributed by atoms with van der Waals surface area (Å²) in [5, 5.41) is 0. The van der Waals surface area contributed by atoms with Crippen LogP contribution in [-0.2, 0) is 9.53 Å². The van der Waals surface area contributed by atoms with Crippen LogP contribution in [-0.4, -0.2) is 13.1 Å². The van der Waals surface area contributed by atoms with Gasteiger partial charge in [0.15, 0.2) is 0 Å². The lowest BCUT2D eigenvalue weighted by atomic mass is 9.79. The molecule has 0 N–H and O–H groups in total. The van der Waals surface area contributed by atoms with Crippen molar-refractivity contribution in [2.45, 2.75) is 26.2 Å². The summed E-state index contributed by atoms with van der Waals surface area (Å²) < 4.78 is 4.83. The fourth-order valence-corrected chi connectivity index (χ4v) is 1.98. The van der Waals surface area contributed by atoms with E-state index in [0.29, 0.717) is 6.42 Å². The van der Waals surface area contributed by atoms with Crippen molar-refractivity contribution in [3.63, 3.8) is 0 Å². The van der Waals surface area contributed by atoms with Crippen LogP contribution in [0.15, 0.2) is 24.3 Å². The van der Waals surface area contributed by atoms with Crippen LogP contribution in [0.1, 0.15) is 26.2 Å². The zero-order chi connectivity index (χ0) is 9.90. The lowest BCUT2D eigenvalue weighted by Crippen LogP contribution is -2.30. The number of esters is 1. The van der Waals surface area contributed by atoms with Crippen LogP contribution >= 0.6 is 0 Å². The van der Waals surface area contributed by atoms with Crippen molar-refractivity contribution < 1.29 is 9.53 Å². The molecule has 0 amide bonds. The molecule has 0 saturated carbocycles. The highest BCUT2D eigenvalue weighted by atomic mass is 16.5. The molecular weight excluding hydrogens is 164 g/mol. The second kappa shape index (κ2) is 3.77. The van der Waals surface area contributed by atoms with E-state index in [1.165, 1.54) is 7.11 Å². The Morgan fingerprint density at radius 3 is 2.92 bits per heavy atom. The van der Waals surface area contributed by atoms with E-state index >= 15 is 0 Å². The first-order chi connectivity index (χ1) is 6.17. The van der Waals surface area contributed by atoms with Gasteiger partial charge in [-0.25, -0.2) is 0 Å². The van der Waals surface area contributed by atoms with Gasteiger partial charge in [0.25, 0.3) is 0 Å². The third kappa shape index (κ3) is 1.53. The summed E-state index contributed by atoms with van der Waals surface area (Å²) in [6.07, 6.45) is 6.41. The fourth-order valence-electron chi connectivity index (χ4n) is 1.98. The van der Waals surface area contributed by atoms with Gasteiger partial charge in [-0.15, -0.1) is 6.58 Å². The Balaban J connectivity index is 2.94. The van der Waals surface area contributed by atoms with Crippen molar-refractivity contribution in [3.8, 4) is 0 Å². The first-order valence-corrected chi connectivity index (χ1v) is 4.54. The first-order valence-electron chi connectivity index (χ1n) is 4.54. The van der Waals surface area contributed by atoms with Crippen molar-refractivity contribution in [1.29, 1.82) is 0 Å². The third-order valence-electron chi connectivity index (χ3n) is 2.85. The Morgan fingerprint density at radius 2 is 2.54 bits per heavy atom. The van der Waals surface area contributed by atoms with E-state index in [4.69, 9.17) is 4.74 Å². The molecule has 0 fully saturated rings. The van der Waals surface area contributed by atoms with Crippen molar-refractivity contribution in [2.24, 2.45) is 5.41 Å². The molecular formula is C11H16O2. The van der Waals surface area contributed by atoms with Gasteiger partial charge in [-0.2, -0.15) is 0 Å². The summed E-state index contributed by atoms with van der Waals surface area (Å²) in [6, 6.07) is 0. The van der Waals surface area contributed by atoms with E-state index in [2.05, 4.69) is 12.7 Å². The Kier molecular flexibility index (Phi) is 2.91. The number of rotatable bonds is 3. The number of hydrogen-bond acceptors (Lipinski definition) is 2. The minimum atomic E-state index is -0.406. The Bertz CT molecular complexity index is 253. The average Bonchev–Trinajstić information content (AvgIpc) is 2.48. The molecule has 0 radical (unpaired) electrons. The van der Waals surface area contributed by atoms with Gasteiger partial charge in [-0.1, -0.05) is 17.7 Å². The summed E-state index contributed by atoms with van der Waals surface area (Å²) in [5.74, 6) is -0.126. The van der Waals surface area contributed by atoms with Crippen LogP contribution in [0.3, 0.4) is 0 Å². The minimum absolute atomic E-state index is 0.126. The molecule has 1 aliphatic rings. The van der Waals surface area contributed by atoms with Crippen molar-refractivity contribution in [3.05, 3.63) is 24.3 Å². The molecule has 0 heterocycles. The minimum Gasteiger partial charge on any atom is -0.468 e. The molecule has 0 aromatic carbocycles. The summed E-state index contributed by atoms with van der Waals surface area (Å²) in [4.78, 5) is 11.6. The number of carbonyl (C=O) groups is 1. The summed E-state index contributed by atoms with van der Waals surface area (Å²) in [7, 11) is 1.44. The van der Waals surface area contributed by atoms with Gasteiger partial charge in [0.2, 0.25) is 0 Å². The van der Waals surface area contributed by atoms with Crippen LogP contribution in [0.4, 0.5) is 0 Å². The normalized spacial score (nSPS) is 26.8. The maximum Gasteiger partial charge on any atom is 0.316 e. The predicted molar refractivity (Wildman–Crippen MR) is 52.3 cm³/mol. The number of carbonyl (C=O) groups excluding carboxylic acids is 1. The van der Waals surface area contributed by atoms with Crippen LogP contribution in [0.25, 0.3) is 0 Å². The van der Waals surface area contributed by atoms with Gasteiger partial charge in [0.1, 0.15) is 0 Å². The van der Waals surface area contributed by atoms with E-state index in [1.54, 1.807) is 6.08 Å². The molecule has 0 spiro atoms. The Morgan fingerprint density at radius 1 is 1.85 bits per heavy atom. The highest BCUT2D eigenvalue weighted by Gasteiger charge is 2.42. The number of ether oxygens (including phenoxy) is 1. The fraction of sp³-hybridized carbons (Fsp3) is 0.545. The van der Waals surface area contributed by atoms with Gasteiger partial charge in [0, 0.05) is 0 Å². The van der Waals surface area contributed by atoms with E-state index in [0.717, 1.165) is 18.4 Å². The van der Waals surface area contributed by atoms with E-state index in [-0.39, 0.29) is 5.97 Å². The lowest BCUT2D eigenvalue weighted by Gasteiger charge is -2.26. The average molecular weight is 180 g/mol. The number of allylic oxidation sites excluding steroid dienone is 2. The van der Waals surface area contributed by atoms with Crippen molar-refractivity contribution in [2.75, 3.05) is 7.11 Å². The van der Waals surface area contributed by atoms with Crippen LogP contribution < -0.4 is 0 Å². The molecule has 2 heteroatoms. The van der Waals surface area contributed by atoms with Crippen LogP contribution in [0.5, 0.6) is 0 Å². The second-order valence-corrected chi connectivity index (χ2v) is 3.49. The standard InChI is InChI=1S/C11H16O2/c1-4-7-11(10(12)13-3)8-5-6-9(11)2/h4,6H,1,5,7-8H2,2-3H3. The Labute approximate surface area is 79.3 Å². The molecule has 1 aliphatic carbocycles. The molecule has 0 bridgehead atoms. The molecule has 13 heavy (non-hydrogen) atoms. The molecule has 2 nitrogen and oxygen atoms in total. The van der Waals surface area contributed by atoms with E-state index < -0.39 is 5.41 Å². The van der Waals surface area contributed by atoms with Crippen molar-refractivity contribution >= 4 is 5.97 Å². The molecule has 0 aliphatic heterocycles. The Hall–Kier alpha value is -1.05. The van der Waals surface area contributed by atoms with Gasteiger partial charge in [0.05, 0.1) is 12.5 Å². The molecule has 1 atom stereocenters. The zero-order valence-corrected chi connectivity index (χ0v) is 8.30. The molecule has 0 aromatic rings. The monoisotopic (exact) mass is 180 g/mol. The summed E-state index contributed by atoms with van der Waals surface area (Å²) in [5.41, 5.74) is 0.718. The van der Waals surface area contributed by atoms with Gasteiger partial charge >= 0.3 is 5.97 Å². The van der Waals surface area contributed by atoms with Crippen LogP contribution in [0.2, 0.25) is 0 Å². The maximum absolute atomic E-state index is 11.6. The highest BCUT2D eigenvalue weighted by molar-refractivity contribution is 5.81. The lowest BCUT2D eigenvalue weighted by molar-refractivity contribution is -0.150. The smallest absolute Gasteiger partial charge is 0.316 e. The van der Waals surface area contributed by atoms with Crippen LogP contribution in [0, 0.1) is 5.41 Å². The maximum atomic E-state index is 11.6. The quantitative estimate of drug-likeness (QED) is 0.492. The molecule has 1 unspecified atom stereocenters. The van der Waals surface area contributed by atoms with Gasteiger partial charge < -0.3 is 4.74 Å². The molecule has 0 aromatic heterocycles.